The molecule has 27 heavy (non-hydrogen) atoms. The van der Waals surface area contributed by atoms with Gasteiger partial charge in [0.05, 0.1) is 0 Å². The van der Waals surface area contributed by atoms with Gasteiger partial charge in [0, 0.05) is 10.6 Å². The number of benzene rings is 2. The minimum Gasteiger partial charge on any atom is -0.457 e. The van der Waals surface area contributed by atoms with Gasteiger partial charge < -0.3 is 15.8 Å². The Morgan fingerprint density at radius 3 is 2.70 bits per heavy atom. The molecule has 3 N–H and O–H groups in total. The molecule has 4 rings (SSSR count). The summed E-state index contributed by atoms with van der Waals surface area (Å²) in [5.74, 6) is 0.391. The molecule has 1 aliphatic rings. The van der Waals surface area contributed by atoms with E-state index < -0.39 is 0 Å². The number of carbonyl (C=O) groups is 1. The zero-order chi connectivity index (χ0) is 18.6. The van der Waals surface area contributed by atoms with E-state index in [9.17, 15) is 4.79 Å². The van der Waals surface area contributed by atoms with E-state index in [1.807, 2.05) is 54.6 Å². The largest absolute Gasteiger partial charge is 0.457 e. The fourth-order valence-electron chi connectivity index (χ4n) is 2.75. The van der Waals surface area contributed by atoms with Gasteiger partial charge in [-0.15, -0.1) is 11.8 Å². The Kier molecular flexibility index (Phi) is 4.88. The Balaban J connectivity index is 1.39. The number of nitrogens with two attached hydrogens (primary N) is 1. The number of aromatic nitrogens is 3. The highest BCUT2D eigenvalue weighted by Crippen LogP contribution is 2.37. The van der Waals surface area contributed by atoms with Crippen molar-refractivity contribution < 1.29 is 9.53 Å². The van der Waals surface area contributed by atoms with Gasteiger partial charge in [0.25, 0.3) is 0 Å². The zero-order valence-corrected chi connectivity index (χ0v) is 15.1. The zero-order valence-electron chi connectivity index (χ0n) is 14.3. The van der Waals surface area contributed by atoms with Crippen molar-refractivity contribution in [1.29, 1.82) is 0 Å². The Hall–Kier alpha value is -3.13. The number of ether oxygens (including phenoxy) is 1. The van der Waals surface area contributed by atoms with Gasteiger partial charge in [0.2, 0.25) is 11.9 Å². The molecule has 136 valence electrons. The molecule has 0 saturated heterocycles. The second-order valence-corrected chi connectivity index (χ2v) is 7.20. The number of nitrogens with one attached hydrogen (secondary N) is 1. The van der Waals surface area contributed by atoms with Crippen LogP contribution in [0, 0.1) is 0 Å². The van der Waals surface area contributed by atoms with Crippen molar-refractivity contribution in [3.63, 3.8) is 0 Å². The quantitative estimate of drug-likeness (QED) is 0.652. The maximum absolute atomic E-state index is 12.4. The van der Waals surface area contributed by atoms with Crippen LogP contribution >= 0.6 is 11.8 Å². The molecule has 0 radical (unpaired) electrons. The number of carbonyl (C=O) groups excluding carboxylic acids is 1. The summed E-state index contributed by atoms with van der Waals surface area (Å²) in [6, 6.07) is 17.5. The smallest absolute Gasteiger partial charge is 0.320 e. The molecule has 1 aliphatic heterocycles. The highest BCUT2D eigenvalue weighted by molar-refractivity contribution is 8.01. The van der Waals surface area contributed by atoms with Crippen LogP contribution in [-0.2, 0) is 22.6 Å². The highest BCUT2D eigenvalue weighted by atomic mass is 32.2. The van der Waals surface area contributed by atoms with Gasteiger partial charge in [0.15, 0.2) is 12.4 Å². The first-order chi connectivity index (χ1) is 13.2. The molecule has 2 aromatic carbocycles. The van der Waals surface area contributed by atoms with Crippen LogP contribution in [0.1, 0.15) is 11.4 Å². The first kappa shape index (κ1) is 17.3. The molecule has 0 saturated carbocycles. The monoisotopic (exact) mass is 379 g/mol. The van der Waals surface area contributed by atoms with Gasteiger partial charge in [-0.2, -0.15) is 15.0 Å². The molecular formula is C19H17N5O2S. The Morgan fingerprint density at radius 2 is 1.89 bits per heavy atom. The van der Waals surface area contributed by atoms with E-state index in [1.165, 1.54) is 17.3 Å². The fourth-order valence-corrected chi connectivity index (χ4v) is 3.94. The predicted octanol–water partition coefficient (Wildman–Crippen LogP) is 2.96. The number of rotatable bonds is 5. The van der Waals surface area contributed by atoms with E-state index >= 15 is 0 Å². The van der Waals surface area contributed by atoms with E-state index in [2.05, 4.69) is 20.3 Å². The second kappa shape index (κ2) is 7.63. The second-order valence-electron chi connectivity index (χ2n) is 5.95. The lowest BCUT2D eigenvalue weighted by Crippen LogP contribution is -2.20. The van der Waals surface area contributed by atoms with Gasteiger partial charge in [0.1, 0.15) is 5.25 Å². The van der Waals surface area contributed by atoms with Crippen molar-refractivity contribution in [1.82, 2.24) is 15.0 Å². The summed E-state index contributed by atoms with van der Waals surface area (Å²) in [5, 5.41) is 2.81. The minimum absolute atomic E-state index is 0.0531. The third-order valence-corrected chi connectivity index (χ3v) is 5.28. The predicted molar refractivity (Wildman–Crippen MR) is 104 cm³/mol. The number of nitrogens with zero attached hydrogens (tertiary/aromatic N) is 3. The maximum atomic E-state index is 12.4. The number of hydrogen-bond acceptors (Lipinski definition) is 8. The molecule has 0 amide bonds. The van der Waals surface area contributed by atoms with Crippen molar-refractivity contribution in [2.75, 3.05) is 11.1 Å². The first-order valence-electron chi connectivity index (χ1n) is 8.41. The normalized spacial score (nSPS) is 15.2. The number of hydrogen-bond donors (Lipinski definition) is 2. The van der Waals surface area contributed by atoms with Gasteiger partial charge >= 0.3 is 5.97 Å². The number of thioether (sulfide) groups is 1. The summed E-state index contributed by atoms with van der Waals surface area (Å²) in [6.07, 6.45) is 0.666. The molecule has 0 aliphatic carbocycles. The maximum Gasteiger partial charge on any atom is 0.320 e. The van der Waals surface area contributed by atoms with E-state index in [4.69, 9.17) is 10.5 Å². The minimum atomic E-state index is -0.284. The third kappa shape index (κ3) is 4.17. The summed E-state index contributed by atoms with van der Waals surface area (Å²) in [6.45, 7) is -0.0531. The number of para-hydroxylation sites is 1. The van der Waals surface area contributed by atoms with Gasteiger partial charge in [-0.05, 0) is 30.2 Å². The number of fused-ring (bicyclic) bond motifs is 1. The SMILES string of the molecule is Nc1nc(COC(=O)[C@H]2Cc3ccccc3S2)nc(Nc2ccccc2)n1. The molecule has 2 heterocycles. The summed E-state index contributed by atoms with van der Waals surface area (Å²) in [4.78, 5) is 25.9. The molecule has 0 bridgehead atoms. The lowest BCUT2D eigenvalue weighted by atomic mass is 10.1. The van der Waals surface area contributed by atoms with Gasteiger partial charge in [-0.25, -0.2) is 0 Å². The average Bonchev–Trinajstić information content (AvgIpc) is 3.11. The Labute approximate surface area is 160 Å². The summed E-state index contributed by atoms with van der Waals surface area (Å²) < 4.78 is 5.41. The van der Waals surface area contributed by atoms with Crippen LogP contribution in [0.4, 0.5) is 17.6 Å². The Bertz CT molecular complexity index is 942. The van der Waals surface area contributed by atoms with Crippen molar-refractivity contribution in [2.45, 2.75) is 23.2 Å². The molecule has 7 nitrogen and oxygen atoms in total. The van der Waals surface area contributed by atoms with Crippen molar-refractivity contribution in [3.05, 3.63) is 66.0 Å². The van der Waals surface area contributed by atoms with E-state index in [1.54, 1.807) is 0 Å². The molecule has 0 fully saturated rings. The molecule has 1 aromatic heterocycles. The van der Waals surface area contributed by atoms with Crippen LogP contribution in [0.25, 0.3) is 0 Å². The summed E-state index contributed by atoms with van der Waals surface area (Å²) >= 11 is 1.52. The topological polar surface area (TPSA) is 103 Å². The lowest BCUT2D eigenvalue weighted by Gasteiger charge is -2.10. The van der Waals surface area contributed by atoms with Crippen LogP contribution in [0.5, 0.6) is 0 Å². The lowest BCUT2D eigenvalue weighted by molar-refractivity contribution is -0.144. The van der Waals surface area contributed by atoms with Crippen LogP contribution in [0.2, 0.25) is 0 Å². The van der Waals surface area contributed by atoms with Crippen LogP contribution in [0.15, 0.2) is 59.5 Å². The molecule has 1 atom stereocenters. The van der Waals surface area contributed by atoms with E-state index in [-0.39, 0.29) is 23.8 Å². The molecule has 8 heteroatoms. The average molecular weight is 379 g/mol. The van der Waals surface area contributed by atoms with Crippen LogP contribution in [-0.4, -0.2) is 26.2 Å². The van der Waals surface area contributed by atoms with Crippen LogP contribution < -0.4 is 11.1 Å². The highest BCUT2D eigenvalue weighted by Gasteiger charge is 2.29. The van der Waals surface area contributed by atoms with Crippen molar-refractivity contribution in [3.8, 4) is 0 Å². The van der Waals surface area contributed by atoms with Gasteiger partial charge in [-0.3, -0.25) is 4.79 Å². The van der Waals surface area contributed by atoms with E-state index in [0.717, 1.165) is 10.6 Å². The number of anilines is 3. The molecule has 0 spiro atoms. The molecular weight excluding hydrogens is 362 g/mol. The van der Waals surface area contributed by atoms with Crippen molar-refractivity contribution >= 4 is 35.3 Å². The Morgan fingerprint density at radius 1 is 1.11 bits per heavy atom. The molecule has 0 unspecified atom stereocenters. The van der Waals surface area contributed by atoms with Crippen molar-refractivity contribution in [2.24, 2.45) is 0 Å². The third-order valence-electron chi connectivity index (χ3n) is 3.98. The number of nitrogen functional groups attached to an aromatic ring is 1. The summed E-state index contributed by atoms with van der Waals surface area (Å²) in [5.41, 5.74) is 7.75. The number of esters is 1. The van der Waals surface area contributed by atoms with Crippen LogP contribution in [0.3, 0.4) is 0 Å². The standard InChI is InChI=1S/C19H17N5O2S/c20-18-22-16(23-19(24-18)21-13-7-2-1-3-8-13)11-26-17(25)15-10-12-6-4-5-9-14(12)27-15/h1-9,15H,10-11H2,(H3,20,21,22,23,24)/t15-/m1/s1. The summed E-state index contributed by atoms with van der Waals surface area (Å²) in [7, 11) is 0. The van der Waals surface area contributed by atoms with Gasteiger partial charge in [-0.1, -0.05) is 36.4 Å². The first-order valence-corrected chi connectivity index (χ1v) is 9.29. The van der Waals surface area contributed by atoms with E-state index in [0.29, 0.717) is 18.2 Å². The molecule has 3 aromatic rings. The fraction of sp³-hybridized carbons (Fsp3) is 0.158.